The minimum atomic E-state index is -0.160. The number of phenolic OH excluding ortho intramolecular Hbond substituents is 1. The molecule has 1 heterocycles. The number of aryl methyl sites for hydroxylation is 3. The first-order valence-corrected chi connectivity index (χ1v) is 8.82. The lowest BCUT2D eigenvalue weighted by atomic mass is 10.1. The molecule has 1 amide bonds. The highest BCUT2D eigenvalue weighted by molar-refractivity contribution is 6.08. The maximum absolute atomic E-state index is 13.0. The fourth-order valence-electron chi connectivity index (χ4n) is 3.35. The molecule has 3 rings (SSSR count). The molecule has 2 aromatic carbocycles. The van der Waals surface area contributed by atoms with Gasteiger partial charge in [0.05, 0.1) is 6.61 Å². The van der Waals surface area contributed by atoms with Crippen molar-refractivity contribution in [3.63, 3.8) is 0 Å². The maximum Gasteiger partial charge on any atom is 0.272 e. The van der Waals surface area contributed by atoms with Gasteiger partial charge in [-0.1, -0.05) is 0 Å². The van der Waals surface area contributed by atoms with E-state index in [4.69, 9.17) is 4.74 Å². The number of phenols is 1. The van der Waals surface area contributed by atoms with E-state index >= 15 is 0 Å². The molecule has 0 bridgehead atoms. The molecular formula is C21H24N2O3. The molecule has 0 fully saturated rings. The molecule has 0 saturated heterocycles. The Balaban J connectivity index is 2.05. The van der Waals surface area contributed by atoms with Crippen LogP contribution in [0.5, 0.6) is 11.5 Å². The number of aromatic nitrogens is 1. The maximum atomic E-state index is 13.0. The number of amides is 1. The molecule has 0 saturated carbocycles. The van der Waals surface area contributed by atoms with Crippen LogP contribution in [-0.4, -0.2) is 22.2 Å². The molecule has 2 N–H and O–H groups in total. The Morgan fingerprint density at radius 1 is 1.15 bits per heavy atom. The van der Waals surface area contributed by atoms with Crippen molar-refractivity contribution in [2.75, 3.05) is 11.9 Å². The van der Waals surface area contributed by atoms with Gasteiger partial charge in [0.2, 0.25) is 0 Å². The van der Waals surface area contributed by atoms with Crippen LogP contribution in [0.1, 0.15) is 35.5 Å². The Morgan fingerprint density at radius 3 is 2.58 bits per heavy atom. The quantitative estimate of drug-likeness (QED) is 0.658. The van der Waals surface area contributed by atoms with E-state index in [1.807, 2.05) is 50.5 Å². The molecule has 0 spiro atoms. The summed E-state index contributed by atoms with van der Waals surface area (Å²) in [6, 6.07) is 10.8. The van der Waals surface area contributed by atoms with Crippen LogP contribution in [0.3, 0.4) is 0 Å². The number of carbonyl (C=O) groups excluding carboxylic acids is 1. The van der Waals surface area contributed by atoms with Gasteiger partial charge in [0, 0.05) is 23.1 Å². The van der Waals surface area contributed by atoms with E-state index in [1.165, 1.54) is 0 Å². The van der Waals surface area contributed by atoms with Crippen LogP contribution in [0.15, 0.2) is 36.4 Å². The summed E-state index contributed by atoms with van der Waals surface area (Å²) in [5.41, 5.74) is 4.09. The third-order valence-corrected chi connectivity index (χ3v) is 4.59. The van der Waals surface area contributed by atoms with E-state index in [-0.39, 0.29) is 11.7 Å². The van der Waals surface area contributed by atoms with Crippen molar-refractivity contribution in [1.29, 1.82) is 0 Å². The Labute approximate surface area is 153 Å². The molecule has 5 nitrogen and oxygen atoms in total. The fourth-order valence-corrected chi connectivity index (χ4v) is 3.35. The molecular weight excluding hydrogens is 328 g/mol. The molecule has 0 aliphatic rings. The van der Waals surface area contributed by atoms with Crippen LogP contribution in [0.2, 0.25) is 0 Å². The van der Waals surface area contributed by atoms with Crippen LogP contribution in [0.4, 0.5) is 5.69 Å². The van der Waals surface area contributed by atoms with Crippen LogP contribution in [-0.2, 0) is 6.54 Å². The second-order valence-corrected chi connectivity index (χ2v) is 6.28. The molecule has 0 atom stereocenters. The lowest BCUT2D eigenvalue weighted by Crippen LogP contribution is -2.18. The van der Waals surface area contributed by atoms with Crippen LogP contribution in [0, 0.1) is 13.8 Å². The second kappa shape index (κ2) is 7.12. The summed E-state index contributed by atoms with van der Waals surface area (Å²) in [7, 11) is 0. The number of carbonyl (C=O) groups is 1. The summed E-state index contributed by atoms with van der Waals surface area (Å²) in [6.07, 6.45) is 0. The summed E-state index contributed by atoms with van der Waals surface area (Å²) in [5, 5.41) is 13.5. The molecule has 136 valence electrons. The standard InChI is InChI=1S/C21H24N2O3/c1-5-23-19-10-8-16(26-6-2)12-17(19)14(4)20(23)21(25)22-18-9-7-15(24)11-13(18)3/h7-12,24H,5-6H2,1-4H3,(H,22,25). The summed E-state index contributed by atoms with van der Waals surface area (Å²) < 4.78 is 7.62. The van der Waals surface area contributed by atoms with Crippen molar-refractivity contribution >= 4 is 22.5 Å². The number of rotatable bonds is 5. The number of nitrogens with one attached hydrogen (secondary N) is 1. The number of fused-ring (bicyclic) bond motifs is 1. The van der Waals surface area contributed by atoms with Gasteiger partial charge >= 0.3 is 0 Å². The molecule has 3 aromatic rings. The van der Waals surface area contributed by atoms with Crippen molar-refractivity contribution in [2.24, 2.45) is 0 Å². The van der Waals surface area contributed by atoms with E-state index in [0.29, 0.717) is 24.5 Å². The Kier molecular flexibility index (Phi) is 4.89. The lowest BCUT2D eigenvalue weighted by molar-refractivity contribution is 0.101. The van der Waals surface area contributed by atoms with Crippen LogP contribution >= 0.6 is 0 Å². The number of nitrogens with zero attached hydrogens (tertiary/aromatic N) is 1. The van der Waals surface area contributed by atoms with Crippen molar-refractivity contribution in [2.45, 2.75) is 34.2 Å². The lowest BCUT2D eigenvalue weighted by Gasteiger charge is -2.12. The van der Waals surface area contributed by atoms with Crippen LogP contribution < -0.4 is 10.1 Å². The monoisotopic (exact) mass is 352 g/mol. The smallest absolute Gasteiger partial charge is 0.272 e. The molecule has 1 aromatic heterocycles. The highest BCUT2D eigenvalue weighted by Crippen LogP contribution is 2.30. The Hall–Kier alpha value is -2.95. The molecule has 0 aliphatic carbocycles. The van der Waals surface area contributed by atoms with E-state index in [0.717, 1.165) is 27.8 Å². The first-order valence-electron chi connectivity index (χ1n) is 8.82. The fraction of sp³-hybridized carbons (Fsp3) is 0.286. The minimum Gasteiger partial charge on any atom is -0.508 e. The molecule has 5 heteroatoms. The minimum absolute atomic E-state index is 0.160. The average molecular weight is 352 g/mol. The van der Waals surface area contributed by atoms with Gasteiger partial charge in [-0.05, 0) is 75.2 Å². The number of aromatic hydroxyl groups is 1. The number of anilines is 1. The van der Waals surface area contributed by atoms with Gasteiger partial charge in [-0.3, -0.25) is 4.79 Å². The van der Waals surface area contributed by atoms with E-state index in [9.17, 15) is 9.90 Å². The number of benzene rings is 2. The zero-order chi connectivity index (χ0) is 18.8. The summed E-state index contributed by atoms with van der Waals surface area (Å²) >= 11 is 0. The molecule has 26 heavy (non-hydrogen) atoms. The van der Waals surface area contributed by atoms with Gasteiger partial charge in [-0.15, -0.1) is 0 Å². The van der Waals surface area contributed by atoms with E-state index in [2.05, 4.69) is 5.32 Å². The molecule has 0 radical (unpaired) electrons. The number of hydrogen-bond acceptors (Lipinski definition) is 3. The first kappa shape index (κ1) is 17.9. The molecule has 0 unspecified atom stereocenters. The van der Waals surface area contributed by atoms with Crippen molar-refractivity contribution in [3.8, 4) is 11.5 Å². The van der Waals surface area contributed by atoms with Gasteiger partial charge in [0.15, 0.2) is 0 Å². The van der Waals surface area contributed by atoms with Gasteiger partial charge in [-0.2, -0.15) is 0 Å². The molecule has 0 aliphatic heterocycles. The Bertz CT molecular complexity index is 973. The largest absolute Gasteiger partial charge is 0.508 e. The van der Waals surface area contributed by atoms with E-state index < -0.39 is 0 Å². The van der Waals surface area contributed by atoms with Crippen molar-refractivity contribution in [1.82, 2.24) is 4.57 Å². The SMILES string of the molecule is CCOc1ccc2c(c1)c(C)c(C(=O)Nc1ccc(O)cc1C)n2CC. The summed E-state index contributed by atoms with van der Waals surface area (Å²) in [5.74, 6) is 0.827. The number of hydrogen-bond donors (Lipinski definition) is 2. The normalized spacial score (nSPS) is 10.9. The summed E-state index contributed by atoms with van der Waals surface area (Å²) in [6.45, 7) is 9.09. The van der Waals surface area contributed by atoms with Gasteiger partial charge in [0.25, 0.3) is 5.91 Å². The third-order valence-electron chi connectivity index (χ3n) is 4.59. The zero-order valence-corrected chi connectivity index (χ0v) is 15.6. The summed E-state index contributed by atoms with van der Waals surface area (Å²) in [4.78, 5) is 13.0. The predicted octanol–water partition coefficient (Wildman–Crippen LogP) is 4.63. The van der Waals surface area contributed by atoms with E-state index in [1.54, 1.807) is 18.2 Å². The van der Waals surface area contributed by atoms with Gasteiger partial charge < -0.3 is 19.7 Å². The van der Waals surface area contributed by atoms with Gasteiger partial charge in [0.1, 0.15) is 17.2 Å². The zero-order valence-electron chi connectivity index (χ0n) is 15.6. The Morgan fingerprint density at radius 2 is 1.92 bits per heavy atom. The first-order chi connectivity index (χ1) is 12.5. The topological polar surface area (TPSA) is 63.5 Å². The highest BCUT2D eigenvalue weighted by atomic mass is 16.5. The second-order valence-electron chi connectivity index (χ2n) is 6.28. The third kappa shape index (κ3) is 3.12. The van der Waals surface area contributed by atoms with Gasteiger partial charge in [-0.25, -0.2) is 0 Å². The van der Waals surface area contributed by atoms with Crippen molar-refractivity contribution in [3.05, 3.63) is 53.2 Å². The highest BCUT2D eigenvalue weighted by Gasteiger charge is 2.20. The average Bonchev–Trinajstić information content (AvgIpc) is 2.89. The number of ether oxygens (including phenoxy) is 1. The van der Waals surface area contributed by atoms with Crippen molar-refractivity contribution < 1.29 is 14.6 Å². The van der Waals surface area contributed by atoms with Crippen LogP contribution in [0.25, 0.3) is 10.9 Å². The predicted molar refractivity (Wildman–Crippen MR) is 104 cm³/mol.